The number of hydrogen-bond donors (Lipinski definition) is 1. The number of fused-ring (bicyclic) bond motifs is 1. The summed E-state index contributed by atoms with van der Waals surface area (Å²) < 4.78 is 10.6. The van der Waals surface area contributed by atoms with Gasteiger partial charge in [0.2, 0.25) is 11.7 Å². The van der Waals surface area contributed by atoms with Crippen LogP contribution in [-0.4, -0.2) is 25.3 Å². The summed E-state index contributed by atoms with van der Waals surface area (Å²) in [5.74, 6) is 1.77. The van der Waals surface area contributed by atoms with Crippen molar-refractivity contribution in [1.29, 1.82) is 0 Å². The summed E-state index contributed by atoms with van der Waals surface area (Å²) in [4.78, 5) is 11.9. The van der Waals surface area contributed by atoms with E-state index in [-0.39, 0.29) is 0 Å². The van der Waals surface area contributed by atoms with Gasteiger partial charge in [0.1, 0.15) is 11.4 Å². The fourth-order valence-corrected chi connectivity index (χ4v) is 2.70. The average Bonchev–Trinajstić information content (AvgIpc) is 3.27. The molecule has 0 aliphatic carbocycles. The molecule has 4 aromatic rings. The lowest BCUT2D eigenvalue weighted by atomic mass is 10.1. The molecule has 7 heteroatoms. The molecule has 4 aromatic heterocycles. The highest BCUT2D eigenvalue weighted by molar-refractivity contribution is 5.79. The molecule has 0 aromatic carbocycles. The number of rotatable bonds is 4. The van der Waals surface area contributed by atoms with Crippen molar-refractivity contribution in [2.24, 2.45) is 0 Å². The highest BCUT2D eigenvalue weighted by atomic mass is 16.5. The molecular formula is C16H15N5O2. The van der Waals surface area contributed by atoms with E-state index in [9.17, 15) is 0 Å². The summed E-state index contributed by atoms with van der Waals surface area (Å²) in [6, 6.07) is 3.93. The van der Waals surface area contributed by atoms with Gasteiger partial charge in [-0.2, -0.15) is 4.98 Å². The Hall–Kier alpha value is -2.96. The normalized spacial score (nSPS) is 11.4. The predicted molar refractivity (Wildman–Crippen MR) is 82.8 cm³/mol. The molecule has 0 atom stereocenters. The standard InChI is InChI=1S/C16H15N5O2/c1-3-12-14(9(2)22-20-12)16-19-13(23-21-16)7-10-8-18-15-11(10)5-4-6-17-15/h4-6,8H,3,7H2,1-2H3,(H,17,18). The maximum Gasteiger partial charge on any atom is 0.231 e. The Morgan fingerprint density at radius 1 is 1.22 bits per heavy atom. The van der Waals surface area contributed by atoms with E-state index >= 15 is 0 Å². The summed E-state index contributed by atoms with van der Waals surface area (Å²) in [7, 11) is 0. The van der Waals surface area contributed by atoms with Crippen LogP contribution in [-0.2, 0) is 12.8 Å². The number of aromatic nitrogens is 5. The number of nitrogens with zero attached hydrogens (tertiary/aromatic N) is 4. The van der Waals surface area contributed by atoms with E-state index in [0.29, 0.717) is 23.9 Å². The number of pyridine rings is 1. The molecule has 0 spiro atoms. The first kappa shape index (κ1) is 13.7. The van der Waals surface area contributed by atoms with Crippen LogP contribution in [0.25, 0.3) is 22.4 Å². The van der Waals surface area contributed by atoms with Crippen LogP contribution in [0.4, 0.5) is 0 Å². The highest BCUT2D eigenvalue weighted by Crippen LogP contribution is 2.26. The predicted octanol–water partition coefficient (Wildman–Crippen LogP) is 3.06. The topological polar surface area (TPSA) is 93.6 Å². The van der Waals surface area contributed by atoms with Gasteiger partial charge in [-0.15, -0.1) is 0 Å². The molecule has 0 amide bonds. The maximum atomic E-state index is 5.40. The summed E-state index contributed by atoms with van der Waals surface area (Å²) in [5, 5.41) is 9.16. The molecule has 0 fully saturated rings. The first-order valence-corrected chi connectivity index (χ1v) is 7.45. The Labute approximate surface area is 131 Å². The van der Waals surface area contributed by atoms with Gasteiger partial charge < -0.3 is 14.0 Å². The van der Waals surface area contributed by atoms with Crippen LogP contribution in [0.2, 0.25) is 0 Å². The first-order valence-electron chi connectivity index (χ1n) is 7.45. The maximum absolute atomic E-state index is 5.40. The van der Waals surface area contributed by atoms with E-state index in [4.69, 9.17) is 9.05 Å². The Kier molecular flexibility index (Phi) is 3.18. The second-order valence-electron chi connectivity index (χ2n) is 5.32. The average molecular weight is 309 g/mol. The Morgan fingerprint density at radius 3 is 3.00 bits per heavy atom. The minimum atomic E-state index is 0.522. The molecule has 0 radical (unpaired) electrons. The molecule has 4 heterocycles. The number of hydrogen-bond acceptors (Lipinski definition) is 6. The van der Waals surface area contributed by atoms with Crippen LogP contribution >= 0.6 is 0 Å². The van der Waals surface area contributed by atoms with Crippen LogP contribution in [0, 0.1) is 6.92 Å². The van der Waals surface area contributed by atoms with E-state index in [2.05, 4.69) is 25.3 Å². The molecule has 23 heavy (non-hydrogen) atoms. The van der Waals surface area contributed by atoms with Crippen LogP contribution in [0.3, 0.4) is 0 Å². The van der Waals surface area contributed by atoms with Gasteiger partial charge in [0.05, 0.1) is 17.7 Å². The highest BCUT2D eigenvalue weighted by Gasteiger charge is 2.19. The Balaban J connectivity index is 1.67. The van der Waals surface area contributed by atoms with Crippen LogP contribution in [0.1, 0.15) is 29.8 Å². The van der Waals surface area contributed by atoms with Crippen molar-refractivity contribution in [3.05, 3.63) is 47.4 Å². The zero-order valence-corrected chi connectivity index (χ0v) is 12.8. The van der Waals surface area contributed by atoms with Crippen LogP contribution < -0.4 is 0 Å². The second-order valence-corrected chi connectivity index (χ2v) is 5.32. The molecule has 1 N–H and O–H groups in total. The van der Waals surface area contributed by atoms with E-state index < -0.39 is 0 Å². The lowest BCUT2D eigenvalue weighted by molar-refractivity contribution is 0.385. The van der Waals surface area contributed by atoms with Crippen molar-refractivity contribution in [2.45, 2.75) is 26.7 Å². The van der Waals surface area contributed by atoms with Crippen molar-refractivity contribution >= 4 is 11.0 Å². The van der Waals surface area contributed by atoms with Gasteiger partial charge in [0, 0.05) is 17.8 Å². The Morgan fingerprint density at radius 2 is 2.13 bits per heavy atom. The SMILES string of the molecule is CCc1noc(C)c1-c1noc(Cc2c[nH]c3ncccc23)n1. The lowest BCUT2D eigenvalue weighted by Crippen LogP contribution is -1.90. The zero-order valence-electron chi connectivity index (χ0n) is 12.8. The molecule has 4 rings (SSSR count). The Bertz CT molecular complexity index is 966. The monoisotopic (exact) mass is 309 g/mol. The third-order valence-corrected chi connectivity index (χ3v) is 3.84. The van der Waals surface area contributed by atoms with Crippen LogP contribution in [0.15, 0.2) is 33.6 Å². The third-order valence-electron chi connectivity index (χ3n) is 3.84. The van der Waals surface area contributed by atoms with E-state index in [0.717, 1.165) is 34.3 Å². The minimum absolute atomic E-state index is 0.522. The van der Waals surface area contributed by atoms with E-state index in [1.165, 1.54) is 0 Å². The molecule has 0 saturated heterocycles. The number of aryl methyl sites for hydroxylation is 2. The molecule has 0 unspecified atom stereocenters. The van der Waals surface area contributed by atoms with E-state index in [1.54, 1.807) is 6.20 Å². The smallest absolute Gasteiger partial charge is 0.231 e. The largest absolute Gasteiger partial charge is 0.361 e. The van der Waals surface area contributed by atoms with Crippen molar-refractivity contribution < 1.29 is 9.05 Å². The molecule has 0 bridgehead atoms. The molecule has 0 aliphatic rings. The van der Waals surface area contributed by atoms with Gasteiger partial charge in [-0.25, -0.2) is 4.98 Å². The number of nitrogens with one attached hydrogen (secondary N) is 1. The number of aromatic amines is 1. The third kappa shape index (κ3) is 2.30. The molecule has 7 nitrogen and oxygen atoms in total. The molecule has 116 valence electrons. The van der Waals surface area contributed by atoms with Gasteiger partial charge in [0.25, 0.3) is 0 Å². The van der Waals surface area contributed by atoms with Crippen molar-refractivity contribution in [1.82, 2.24) is 25.3 Å². The van der Waals surface area contributed by atoms with Crippen LogP contribution in [0.5, 0.6) is 0 Å². The molecule has 0 saturated carbocycles. The van der Waals surface area contributed by atoms with Gasteiger partial charge in [0.15, 0.2) is 0 Å². The first-order chi connectivity index (χ1) is 11.3. The van der Waals surface area contributed by atoms with Crippen molar-refractivity contribution in [3.63, 3.8) is 0 Å². The van der Waals surface area contributed by atoms with Crippen molar-refractivity contribution in [2.75, 3.05) is 0 Å². The quantitative estimate of drug-likeness (QED) is 0.622. The number of H-pyrrole nitrogens is 1. The molecule has 0 aliphatic heterocycles. The van der Waals surface area contributed by atoms with Crippen molar-refractivity contribution in [3.8, 4) is 11.4 Å². The van der Waals surface area contributed by atoms with Gasteiger partial charge in [-0.3, -0.25) is 0 Å². The van der Waals surface area contributed by atoms with Gasteiger partial charge in [-0.1, -0.05) is 17.2 Å². The minimum Gasteiger partial charge on any atom is -0.361 e. The summed E-state index contributed by atoms with van der Waals surface area (Å²) in [6.45, 7) is 3.86. The molecular weight excluding hydrogens is 294 g/mol. The summed E-state index contributed by atoms with van der Waals surface area (Å²) >= 11 is 0. The summed E-state index contributed by atoms with van der Waals surface area (Å²) in [5.41, 5.74) is 3.58. The fourth-order valence-electron chi connectivity index (χ4n) is 2.70. The lowest BCUT2D eigenvalue weighted by Gasteiger charge is -1.94. The zero-order chi connectivity index (χ0) is 15.8. The fraction of sp³-hybridized carbons (Fsp3) is 0.250. The van der Waals surface area contributed by atoms with Gasteiger partial charge >= 0.3 is 0 Å². The van der Waals surface area contributed by atoms with E-state index in [1.807, 2.05) is 32.2 Å². The summed E-state index contributed by atoms with van der Waals surface area (Å²) in [6.07, 6.45) is 4.98. The second kappa shape index (κ2) is 5.35. The van der Waals surface area contributed by atoms with Gasteiger partial charge in [-0.05, 0) is 31.0 Å².